The number of hydrogen-bond acceptors (Lipinski definition) is 5. The van der Waals surface area contributed by atoms with Gasteiger partial charge in [0.1, 0.15) is 10.8 Å². The third-order valence-corrected chi connectivity index (χ3v) is 4.46. The SMILES string of the molecule is COc1ccc(C)cc1-c1nsc2cc(Cl)c([N+](=O)[O-])cc12. The van der Waals surface area contributed by atoms with Crippen LogP contribution in [0.2, 0.25) is 5.02 Å². The number of fused-ring (bicyclic) bond motifs is 1. The molecule has 0 amide bonds. The maximum Gasteiger partial charge on any atom is 0.288 e. The van der Waals surface area contributed by atoms with Crippen LogP contribution in [0.3, 0.4) is 0 Å². The number of aryl methyl sites for hydroxylation is 1. The lowest BCUT2D eigenvalue weighted by molar-refractivity contribution is -0.384. The molecule has 0 aliphatic heterocycles. The summed E-state index contributed by atoms with van der Waals surface area (Å²) in [6, 6.07) is 8.81. The molecule has 0 spiro atoms. The first-order valence-electron chi connectivity index (χ1n) is 6.39. The first kappa shape index (κ1) is 14.7. The number of hydrogen-bond donors (Lipinski definition) is 0. The molecule has 0 radical (unpaired) electrons. The monoisotopic (exact) mass is 334 g/mol. The van der Waals surface area contributed by atoms with Crippen LogP contribution < -0.4 is 4.74 Å². The van der Waals surface area contributed by atoms with Gasteiger partial charge in [-0.2, -0.15) is 4.37 Å². The number of rotatable bonds is 3. The molecule has 0 atom stereocenters. The average molecular weight is 335 g/mol. The lowest BCUT2D eigenvalue weighted by atomic mass is 10.0. The zero-order valence-corrected chi connectivity index (χ0v) is 13.4. The first-order valence-corrected chi connectivity index (χ1v) is 7.54. The van der Waals surface area contributed by atoms with E-state index in [4.69, 9.17) is 16.3 Å². The van der Waals surface area contributed by atoms with Crippen LogP contribution in [0.25, 0.3) is 21.3 Å². The lowest BCUT2D eigenvalue weighted by Gasteiger charge is -2.08. The van der Waals surface area contributed by atoms with Crippen molar-refractivity contribution >= 4 is 38.9 Å². The Bertz CT molecular complexity index is 892. The number of ether oxygens (including phenoxy) is 1. The standard InChI is InChI=1S/C15H11ClN2O3S/c1-8-3-4-13(21-2)9(5-8)15-10-6-12(18(19)20)11(16)7-14(10)22-17-15/h3-7H,1-2H3. The van der Waals surface area contributed by atoms with Crippen molar-refractivity contribution in [3.05, 3.63) is 51.0 Å². The van der Waals surface area contributed by atoms with E-state index >= 15 is 0 Å². The van der Waals surface area contributed by atoms with E-state index < -0.39 is 4.92 Å². The van der Waals surface area contributed by atoms with Gasteiger partial charge in [-0.3, -0.25) is 10.1 Å². The van der Waals surface area contributed by atoms with E-state index in [0.717, 1.165) is 15.8 Å². The minimum atomic E-state index is -0.489. The van der Waals surface area contributed by atoms with Gasteiger partial charge in [-0.05, 0) is 36.7 Å². The van der Waals surface area contributed by atoms with Gasteiger partial charge in [0.2, 0.25) is 0 Å². The average Bonchev–Trinajstić information content (AvgIpc) is 2.88. The highest BCUT2D eigenvalue weighted by atomic mass is 35.5. The van der Waals surface area contributed by atoms with E-state index in [1.54, 1.807) is 13.2 Å². The maximum atomic E-state index is 11.1. The lowest BCUT2D eigenvalue weighted by Crippen LogP contribution is -1.91. The Labute approximate surface area is 135 Å². The summed E-state index contributed by atoms with van der Waals surface area (Å²) in [5, 5.41) is 11.9. The number of nitro groups is 1. The van der Waals surface area contributed by atoms with Gasteiger partial charge in [-0.25, -0.2) is 0 Å². The second kappa shape index (κ2) is 5.55. The van der Waals surface area contributed by atoms with E-state index in [2.05, 4.69) is 4.37 Å². The summed E-state index contributed by atoms with van der Waals surface area (Å²) in [5.41, 5.74) is 2.41. The van der Waals surface area contributed by atoms with Crippen LogP contribution in [-0.4, -0.2) is 16.4 Å². The summed E-state index contributed by atoms with van der Waals surface area (Å²) in [6.45, 7) is 1.97. The van der Waals surface area contributed by atoms with Crippen molar-refractivity contribution in [2.45, 2.75) is 6.92 Å². The molecule has 1 heterocycles. The first-order chi connectivity index (χ1) is 10.5. The normalized spacial score (nSPS) is 10.9. The van der Waals surface area contributed by atoms with Crippen molar-refractivity contribution in [1.82, 2.24) is 4.37 Å². The van der Waals surface area contributed by atoms with Gasteiger partial charge < -0.3 is 4.74 Å². The molecule has 0 saturated heterocycles. The van der Waals surface area contributed by atoms with Crippen molar-refractivity contribution in [2.24, 2.45) is 0 Å². The van der Waals surface area contributed by atoms with Gasteiger partial charge in [0.15, 0.2) is 0 Å². The van der Waals surface area contributed by atoms with Gasteiger partial charge in [-0.1, -0.05) is 23.2 Å². The Morgan fingerprint density at radius 1 is 1.32 bits per heavy atom. The molecule has 0 fully saturated rings. The molecule has 0 aliphatic rings. The number of halogens is 1. The Hall–Kier alpha value is -2.18. The maximum absolute atomic E-state index is 11.1. The van der Waals surface area contributed by atoms with E-state index in [1.807, 2.05) is 25.1 Å². The molecule has 0 saturated carbocycles. The van der Waals surface area contributed by atoms with Crippen LogP contribution in [-0.2, 0) is 0 Å². The molecule has 112 valence electrons. The molecule has 0 N–H and O–H groups in total. The molecule has 3 rings (SSSR count). The number of nitrogens with zero attached hydrogens (tertiary/aromatic N) is 2. The molecule has 7 heteroatoms. The fourth-order valence-corrected chi connectivity index (χ4v) is 3.40. The van der Waals surface area contributed by atoms with Gasteiger partial charge >= 0.3 is 0 Å². The zero-order chi connectivity index (χ0) is 15.9. The predicted octanol–water partition coefficient (Wildman–Crippen LogP) is 4.84. The fourth-order valence-electron chi connectivity index (χ4n) is 2.29. The summed E-state index contributed by atoms with van der Waals surface area (Å²) in [6.07, 6.45) is 0. The number of methoxy groups -OCH3 is 1. The van der Waals surface area contributed by atoms with Crippen molar-refractivity contribution in [3.63, 3.8) is 0 Å². The molecule has 5 nitrogen and oxygen atoms in total. The Morgan fingerprint density at radius 2 is 2.09 bits per heavy atom. The fraction of sp³-hybridized carbons (Fsp3) is 0.133. The Balaban J connectivity index is 2.30. The highest BCUT2D eigenvalue weighted by Crippen LogP contribution is 2.40. The predicted molar refractivity (Wildman–Crippen MR) is 88.0 cm³/mol. The van der Waals surface area contributed by atoms with E-state index in [9.17, 15) is 10.1 Å². The molecular formula is C15H11ClN2O3S. The van der Waals surface area contributed by atoms with E-state index in [1.165, 1.54) is 17.6 Å². The van der Waals surface area contributed by atoms with Crippen molar-refractivity contribution in [1.29, 1.82) is 0 Å². The highest BCUT2D eigenvalue weighted by molar-refractivity contribution is 7.13. The molecule has 22 heavy (non-hydrogen) atoms. The number of benzene rings is 2. The van der Waals surface area contributed by atoms with Gasteiger partial charge in [0, 0.05) is 17.0 Å². The third kappa shape index (κ3) is 2.40. The minimum Gasteiger partial charge on any atom is -0.496 e. The van der Waals surface area contributed by atoms with Gasteiger partial charge in [0.25, 0.3) is 5.69 Å². The molecule has 1 aromatic heterocycles. The summed E-state index contributed by atoms with van der Waals surface area (Å²) >= 11 is 7.21. The van der Waals surface area contributed by atoms with Crippen LogP contribution >= 0.6 is 23.1 Å². The van der Waals surface area contributed by atoms with Crippen LogP contribution in [0.15, 0.2) is 30.3 Å². The molecular weight excluding hydrogens is 324 g/mol. The molecule has 0 bridgehead atoms. The van der Waals surface area contributed by atoms with Crippen LogP contribution in [0, 0.1) is 17.0 Å². The zero-order valence-electron chi connectivity index (χ0n) is 11.8. The topological polar surface area (TPSA) is 65.3 Å². The summed E-state index contributed by atoms with van der Waals surface area (Å²) < 4.78 is 10.6. The minimum absolute atomic E-state index is 0.115. The molecule has 0 aliphatic carbocycles. The quantitative estimate of drug-likeness (QED) is 0.507. The molecule has 0 unspecified atom stereocenters. The molecule has 2 aromatic carbocycles. The van der Waals surface area contributed by atoms with Gasteiger partial charge in [0.05, 0.1) is 22.4 Å². The van der Waals surface area contributed by atoms with E-state index in [-0.39, 0.29) is 10.7 Å². The highest BCUT2D eigenvalue weighted by Gasteiger charge is 2.19. The van der Waals surface area contributed by atoms with E-state index in [0.29, 0.717) is 16.8 Å². The second-order valence-corrected chi connectivity index (χ2v) is 6.00. The van der Waals surface area contributed by atoms with Gasteiger partial charge in [-0.15, -0.1) is 0 Å². The van der Waals surface area contributed by atoms with Crippen LogP contribution in [0.5, 0.6) is 5.75 Å². The second-order valence-electron chi connectivity index (χ2n) is 4.79. The smallest absolute Gasteiger partial charge is 0.288 e. The van der Waals surface area contributed by atoms with Crippen molar-refractivity contribution in [2.75, 3.05) is 7.11 Å². The number of nitro benzene ring substituents is 1. The molecule has 3 aromatic rings. The third-order valence-electron chi connectivity index (χ3n) is 3.35. The summed E-state index contributed by atoms with van der Waals surface area (Å²) in [4.78, 5) is 10.6. The summed E-state index contributed by atoms with van der Waals surface area (Å²) in [5.74, 6) is 0.676. The largest absolute Gasteiger partial charge is 0.496 e. The Morgan fingerprint density at radius 3 is 2.77 bits per heavy atom. The van der Waals surface area contributed by atoms with Crippen LogP contribution in [0.1, 0.15) is 5.56 Å². The van der Waals surface area contributed by atoms with Crippen LogP contribution in [0.4, 0.5) is 5.69 Å². The summed E-state index contributed by atoms with van der Waals surface area (Å²) in [7, 11) is 1.59. The number of aromatic nitrogens is 1. The van der Waals surface area contributed by atoms with Crippen molar-refractivity contribution < 1.29 is 9.66 Å². The van der Waals surface area contributed by atoms with Crippen molar-refractivity contribution in [3.8, 4) is 17.0 Å². The Kier molecular flexibility index (Phi) is 3.72.